The summed E-state index contributed by atoms with van der Waals surface area (Å²) in [6.45, 7) is 1.50. The summed E-state index contributed by atoms with van der Waals surface area (Å²) in [6, 6.07) is 13.9. The normalized spacial score (nSPS) is 12.6. The molecule has 5 rings (SSSR count). The van der Waals surface area contributed by atoms with Gasteiger partial charge in [-0.1, -0.05) is 47.5 Å². The largest absolute Gasteiger partial charge is 0.495 e. The summed E-state index contributed by atoms with van der Waals surface area (Å²) in [7, 11) is 2.89. The van der Waals surface area contributed by atoms with E-state index in [0.29, 0.717) is 28.3 Å². The molecule has 216 valence electrons. The van der Waals surface area contributed by atoms with Crippen LogP contribution in [0, 0.1) is 5.82 Å². The van der Waals surface area contributed by atoms with Crippen molar-refractivity contribution in [3.8, 4) is 11.5 Å². The molecule has 1 aliphatic heterocycles. The standard InChI is InChI=1S/C29H25Cl2FN6O4/c1-16(39)34-20-6-4-5-7-21(20)35-28-33-13-18-15-37(26-24(30)22(41-2)12-23(42-3)25(26)31)29(40)38(27(18)36-28)14-17-8-10-19(32)11-9-17/h4-13H,14-15H2,1-3H3,(H,34,39)(H,33,35,36). The smallest absolute Gasteiger partial charge is 0.330 e. The molecular weight excluding hydrogens is 586 g/mol. The average molecular weight is 611 g/mol. The van der Waals surface area contributed by atoms with Gasteiger partial charge in [0.25, 0.3) is 0 Å². The molecule has 2 N–H and O–H groups in total. The summed E-state index contributed by atoms with van der Waals surface area (Å²) in [5.41, 5.74) is 2.53. The number of anilines is 5. The van der Waals surface area contributed by atoms with Crippen molar-refractivity contribution in [2.75, 3.05) is 34.7 Å². The molecule has 1 aromatic heterocycles. The van der Waals surface area contributed by atoms with Crippen LogP contribution in [0.15, 0.2) is 60.8 Å². The van der Waals surface area contributed by atoms with Gasteiger partial charge >= 0.3 is 6.03 Å². The lowest BCUT2D eigenvalue weighted by Gasteiger charge is -2.37. The molecule has 10 nitrogen and oxygen atoms in total. The number of benzene rings is 3. The second kappa shape index (κ2) is 12.1. The van der Waals surface area contributed by atoms with Gasteiger partial charge in [0, 0.05) is 24.8 Å². The van der Waals surface area contributed by atoms with Gasteiger partial charge in [-0.25, -0.2) is 14.2 Å². The Kier molecular flexibility index (Phi) is 8.32. The second-order valence-electron chi connectivity index (χ2n) is 9.23. The number of fused-ring (bicyclic) bond motifs is 1. The maximum absolute atomic E-state index is 14.2. The highest BCUT2D eigenvalue weighted by atomic mass is 35.5. The minimum atomic E-state index is -0.491. The molecule has 0 saturated heterocycles. The number of amides is 3. The molecule has 0 radical (unpaired) electrons. The Morgan fingerprint density at radius 3 is 2.29 bits per heavy atom. The summed E-state index contributed by atoms with van der Waals surface area (Å²) >= 11 is 13.3. The minimum Gasteiger partial charge on any atom is -0.495 e. The van der Waals surface area contributed by atoms with Crippen LogP contribution in [0.3, 0.4) is 0 Å². The molecule has 3 amide bonds. The van der Waals surface area contributed by atoms with Crippen molar-refractivity contribution in [2.24, 2.45) is 0 Å². The van der Waals surface area contributed by atoms with Crippen molar-refractivity contribution in [1.29, 1.82) is 0 Å². The van der Waals surface area contributed by atoms with Gasteiger partial charge in [0.1, 0.15) is 33.2 Å². The number of rotatable bonds is 8. The van der Waals surface area contributed by atoms with E-state index in [0.717, 1.165) is 0 Å². The number of nitrogens with zero attached hydrogens (tertiary/aromatic N) is 4. The lowest BCUT2D eigenvalue weighted by molar-refractivity contribution is -0.114. The second-order valence-corrected chi connectivity index (χ2v) is 9.99. The first-order chi connectivity index (χ1) is 20.2. The number of urea groups is 1. The average Bonchev–Trinajstić information content (AvgIpc) is 2.97. The number of para-hydroxylation sites is 2. The van der Waals surface area contributed by atoms with E-state index in [4.69, 9.17) is 32.7 Å². The highest BCUT2D eigenvalue weighted by Gasteiger charge is 2.36. The van der Waals surface area contributed by atoms with Crippen LogP contribution in [0.1, 0.15) is 18.1 Å². The van der Waals surface area contributed by atoms with Gasteiger partial charge in [-0.05, 0) is 29.8 Å². The zero-order valence-electron chi connectivity index (χ0n) is 22.7. The first-order valence-corrected chi connectivity index (χ1v) is 13.4. The van der Waals surface area contributed by atoms with E-state index in [9.17, 15) is 14.0 Å². The van der Waals surface area contributed by atoms with Gasteiger partial charge in [-0.2, -0.15) is 4.98 Å². The lowest BCUT2D eigenvalue weighted by Crippen LogP contribution is -2.47. The molecule has 13 heteroatoms. The van der Waals surface area contributed by atoms with E-state index < -0.39 is 11.8 Å². The van der Waals surface area contributed by atoms with E-state index in [-0.39, 0.29) is 52.2 Å². The molecular formula is C29H25Cl2FN6O4. The molecule has 2 heterocycles. The van der Waals surface area contributed by atoms with Crippen LogP contribution in [0.5, 0.6) is 11.5 Å². The van der Waals surface area contributed by atoms with E-state index in [1.54, 1.807) is 42.6 Å². The molecule has 42 heavy (non-hydrogen) atoms. The molecule has 0 spiro atoms. The zero-order chi connectivity index (χ0) is 30.0. The third-order valence-electron chi connectivity index (χ3n) is 6.45. The number of aromatic nitrogens is 2. The van der Waals surface area contributed by atoms with Gasteiger partial charge in [-0.3, -0.25) is 14.6 Å². The Hall–Kier alpha value is -4.61. The molecule has 0 bridgehead atoms. The van der Waals surface area contributed by atoms with Crippen LogP contribution in [0.25, 0.3) is 0 Å². The van der Waals surface area contributed by atoms with Crippen LogP contribution in [0.4, 0.5) is 38.0 Å². The zero-order valence-corrected chi connectivity index (χ0v) is 24.3. The third kappa shape index (κ3) is 5.74. The molecule has 3 aromatic carbocycles. The first-order valence-electron chi connectivity index (χ1n) is 12.6. The van der Waals surface area contributed by atoms with Gasteiger partial charge in [0.05, 0.1) is 44.4 Å². The molecule has 0 atom stereocenters. The summed E-state index contributed by atoms with van der Waals surface area (Å²) in [6.07, 6.45) is 1.59. The maximum Gasteiger partial charge on any atom is 0.330 e. The van der Waals surface area contributed by atoms with Crippen LogP contribution in [-0.4, -0.2) is 36.1 Å². The fourth-order valence-corrected chi connectivity index (χ4v) is 5.19. The van der Waals surface area contributed by atoms with Gasteiger partial charge < -0.3 is 20.1 Å². The van der Waals surface area contributed by atoms with Gasteiger partial charge in [0.15, 0.2) is 0 Å². The highest BCUT2D eigenvalue weighted by molar-refractivity contribution is 6.42. The molecule has 1 aliphatic rings. The Balaban J connectivity index is 1.59. The van der Waals surface area contributed by atoms with Crippen molar-refractivity contribution >= 4 is 64.0 Å². The number of carbonyl (C=O) groups excluding carboxylic acids is 2. The summed E-state index contributed by atoms with van der Waals surface area (Å²) in [4.78, 5) is 37.8. The molecule has 0 unspecified atom stereocenters. The molecule has 0 aliphatic carbocycles. The number of methoxy groups -OCH3 is 2. The Morgan fingerprint density at radius 1 is 1.02 bits per heavy atom. The van der Waals surface area contributed by atoms with E-state index in [1.165, 1.54) is 49.1 Å². The van der Waals surface area contributed by atoms with E-state index >= 15 is 0 Å². The van der Waals surface area contributed by atoms with Crippen molar-refractivity contribution in [3.63, 3.8) is 0 Å². The summed E-state index contributed by atoms with van der Waals surface area (Å²) in [5, 5.41) is 6.11. The summed E-state index contributed by atoms with van der Waals surface area (Å²) < 4.78 is 24.5. The van der Waals surface area contributed by atoms with E-state index in [2.05, 4.69) is 20.6 Å². The minimum absolute atomic E-state index is 0.0343. The number of hydrogen-bond donors (Lipinski definition) is 2. The predicted molar refractivity (Wildman–Crippen MR) is 160 cm³/mol. The van der Waals surface area contributed by atoms with Gasteiger partial charge in [-0.15, -0.1) is 0 Å². The van der Waals surface area contributed by atoms with Crippen molar-refractivity contribution < 1.29 is 23.5 Å². The maximum atomic E-state index is 14.2. The van der Waals surface area contributed by atoms with Gasteiger partial charge in [0.2, 0.25) is 11.9 Å². The van der Waals surface area contributed by atoms with Crippen molar-refractivity contribution in [1.82, 2.24) is 9.97 Å². The van der Waals surface area contributed by atoms with Crippen LogP contribution < -0.4 is 29.9 Å². The SMILES string of the molecule is COc1cc(OC)c(Cl)c(N2Cc3cnc(Nc4ccccc4NC(C)=O)nc3N(Cc3ccc(F)cc3)C2=O)c1Cl. The van der Waals surface area contributed by atoms with Crippen LogP contribution in [-0.2, 0) is 17.9 Å². The molecule has 0 fully saturated rings. The fraction of sp³-hybridized carbons (Fsp3) is 0.172. The number of carbonyl (C=O) groups is 2. The first kappa shape index (κ1) is 28.9. The quantitative estimate of drug-likeness (QED) is 0.226. The number of nitrogens with one attached hydrogen (secondary N) is 2. The third-order valence-corrected chi connectivity index (χ3v) is 7.18. The number of ether oxygens (including phenoxy) is 2. The molecule has 4 aromatic rings. The van der Waals surface area contributed by atoms with Crippen molar-refractivity contribution in [2.45, 2.75) is 20.0 Å². The highest BCUT2D eigenvalue weighted by Crippen LogP contribution is 2.48. The van der Waals surface area contributed by atoms with Crippen LogP contribution in [0.2, 0.25) is 10.0 Å². The van der Waals surface area contributed by atoms with Crippen molar-refractivity contribution in [3.05, 3.63) is 87.8 Å². The monoisotopic (exact) mass is 610 g/mol. The van der Waals surface area contributed by atoms with E-state index in [1.807, 2.05) is 0 Å². The predicted octanol–water partition coefficient (Wildman–Crippen LogP) is 6.79. The topological polar surface area (TPSA) is 109 Å². The Morgan fingerprint density at radius 2 is 1.67 bits per heavy atom. The van der Waals surface area contributed by atoms with Crippen LogP contribution >= 0.6 is 23.2 Å². The fourth-order valence-electron chi connectivity index (χ4n) is 4.49. The Bertz CT molecular complexity index is 1640. The lowest BCUT2D eigenvalue weighted by atomic mass is 10.1. The summed E-state index contributed by atoms with van der Waals surface area (Å²) in [5.74, 6) is 0.418. The number of hydrogen-bond acceptors (Lipinski definition) is 7. The molecule has 0 saturated carbocycles. The number of halogens is 3. The Labute approximate surface area is 251 Å².